The molecule has 1 aromatic carbocycles. The average molecular weight is 607 g/mol. The molecule has 43 heavy (non-hydrogen) atoms. The first-order valence-corrected chi connectivity index (χ1v) is 14.7. The zero-order valence-corrected chi connectivity index (χ0v) is 24.2. The summed E-state index contributed by atoms with van der Waals surface area (Å²) in [4.78, 5) is 28.5. The van der Waals surface area contributed by atoms with Gasteiger partial charge in [0.05, 0.1) is 5.39 Å². The highest BCUT2D eigenvalue weighted by atomic mass is 19.4. The molecule has 2 saturated heterocycles. The Morgan fingerprint density at radius 3 is 2.44 bits per heavy atom. The van der Waals surface area contributed by atoms with E-state index in [4.69, 9.17) is 14.6 Å². The van der Waals surface area contributed by atoms with Crippen LogP contribution in [-0.4, -0.2) is 70.5 Å². The summed E-state index contributed by atoms with van der Waals surface area (Å²) in [6.45, 7) is 8.18. The smallest absolute Gasteiger partial charge is 0.487 e. The molecule has 4 heterocycles. The van der Waals surface area contributed by atoms with Crippen LogP contribution in [-0.2, 0) is 11.3 Å². The van der Waals surface area contributed by atoms with Crippen molar-refractivity contribution in [1.29, 1.82) is 0 Å². The molecule has 2 aliphatic rings. The summed E-state index contributed by atoms with van der Waals surface area (Å²) in [7, 11) is 0. The maximum Gasteiger partial charge on any atom is 0.490 e. The lowest BCUT2D eigenvalue weighted by Crippen LogP contribution is -2.42. The zero-order chi connectivity index (χ0) is 31.0. The van der Waals surface area contributed by atoms with Crippen LogP contribution in [0.3, 0.4) is 0 Å². The number of benzene rings is 1. The first kappa shape index (κ1) is 32.4. The number of carboxylic acid groups (broad SMARTS) is 1. The van der Waals surface area contributed by atoms with Crippen LogP contribution in [0.15, 0.2) is 47.7 Å². The van der Waals surface area contributed by atoms with Crippen molar-refractivity contribution in [2.45, 2.75) is 64.3 Å². The van der Waals surface area contributed by atoms with Crippen LogP contribution >= 0.6 is 0 Å². The number of piperidine rings is 2. The molecule has 0 unspecified atom stereocenters. The molecule has 234 valence electrons. The van der Waals surface area contributed by atoms with Gasteiger partial charge in [0, 0.05) is 50.3 Å². The highest BCUT2D eigenvalue weighted by Crippen LogP contribution is 2.31. The van der Waals surface area contributed by atoms with Crippen LogP contribution in [0.25, 0.3) is 21.9 Å². The van der Waals surface area contributed by atoms with Gasteiger partial charge in [0.15, 0.2) is 11.6 Å². The number of ether oxygens (including phenoxy) is 1. The van der Waals surface area contributed by atoms with Crippen LogP contribution in [0, 0.1) is 11.7 Å². The number of hydrogen-bond donors (Lipinski definition) is 2. The normalized spacial score (nSPS) is 17.0. The number of pyridine rings is 2. The lowest BCUT2D eigenvalue weighted by atomic mass is 9.96. The van der Waals surface area contributed by atoms with Crippen molar-refractivity contribution in [3.8, 4) is 16.9 Å². The molecule has 0 radical (unpaired) electrons. The third-order valence-electron chi connectivity index (χ3n) is 7.93. The molecule has 0 amide bonds. The maximum absolute atomic E-state index is 15.2. The zero-order valence-electron chi connectivity index (χ0n) is 24.2. The topological polar surface area (TPSA) is 96.7 Å². The number of carbonyl (C=O) groups is 1. The van der Waals surface area contributed by atoms with Crippen molar-refractivity contribution in [2.24, 2.45) is 5.92 Å². The minimum atomic E-state index is -5.08. The molecule has 8 nitrogen and oxygen atoms in total. The molecule has 0 bridgehead atoms. The van der Waals surface area contributed by atoms with Gasteiger partial charge < -0.3 is 24.6 Å². The van der Waals surface area contributed by atoms with Gasteiger partial charge in [0.2, 0.25) is 0 Å². The summed E-state index contributed by atoms with van der Waals surface area (Å²) in [5.74, 6) is -2.02. The molecule has 2 fully saturated rings. The van der Waals surface area contributed by atoms with Gasteiger partial charge in [0.1, 0.15) is 6.10 Å². The van der Waals surface area contributed by atoms with Gasteiger partial charge >= 0.3 is 12.1 Å². The van der Waals surface area contributed by atoms with E-state index in [0.29, 0.717) is 17.7 Å². The van der Waals surface area contributed by atoms with E-state index in [1.165, 1.54) is 25.5 Å². The molecule has 5 rings (SSSR count). The van der Waals surface area contributed by atoms with E-state index in [1.54, 1.807) is 23.0 Å². The molecule has 12 heteroatoms. The van der Waals surface area contributed by atoms with Gasteiger partial charge in [-0.3, -0.25) is 9.78 Å². The van der Waals surface area contributed by atoms with Crippen molar-refractivity contribution in [2.75, 3.05) is 32.7 Å². The predicted molar refractivity (Wildman–Crippen MR) is 156 cm³/mol. The Morgan fingerprint density at radius 1 is 1.12 bits per heavy atom. The highest BCUT2D eigenvalue weighted by Gasteiger charge is 2.38. The second kappa shape index (κ2) is 14.8. The summed E-state index contributed by atoms with van der Waals surface area (Å²) in [5, 5.41) is 11.9. The molecule has 0 aliphatic carbocycles. The lowest BCUT2D eigenvalue weighted by Gasteiger charge is -2.35. The molecular weight excluding hydrogens is 568 g/mol. The minimum Gasteiger partial charge on any atom is -0.487 e. The number of halogens is 4. The maximum atomic E-state index is 15.2. The van der Waals surface area contributed by atoms with Crippen molar-refractivity contribution in [1.82, 2.24) is 19.8 Å². The standard InChI is InChI=1S/C29H37FN4O2.C2HF3O2/c1-2-3-14-34-20-26(24-8-13-32-18-25(24)29(34)35)22-4-5-28(27(30)17-22)36-23-9-15-33(16-10-23)19-21-6-11-31-12-7-21;3-2(4,5)1(6)7/h4-5,8,13,17-18,20-21,23,31H,2-3,6-7,9-12,14-16,19H2,1H3;(H,6,7). The van der Waals surface area contributed by atoms with E-state index in [-0.39, 0.29) is 17.5 Å². The molecule has 3 aromatic rings. The second-order valence-corrected chi connectivity index (χ2v) is 11.1. The Kier molecular flexibility index (Phi) is 11.1. The van der Waals surface area contributed by atoms with Crippen LogP contribution in [0.5, 0.6) is 5.75 Å². The number of likely N-dealkylation sites (tertiary alicyclic amines) is 1. The van der Waals surface area contributed by atoms with Gasteiger partial charge in [0.25, 0.3) is 5.56 Å². The van der Waals surface area contributed by atoms with Gasteiger partial charge in [-0.25, -0.2) is 9.18 Å². The Bertz CT molecular complexity index is 1430. The number of aryl methyl sites for hydroxylation is 1. The first-order chi connectivity index (χ1) is 20.6. The van der Waals surface area contributed by atoms with Crippen LogP contribution in [0.1, 0.15) is 45.4 Å². The molecule has 2 aromatic heterocycles. The molecule has 0 saturated carbocycles. The summed E-state index contributed by atoms with van der Waals surface area (Å²) in [5.41, 5.74) is 1.51. The van der Waals surface area contributed by atoms with E-state index in [1.807, 2.05) is 18.3 Å². The lowest BCUT2D eigenvalue weighted by molar-refractivity contribution is -0.192. The fourth-order valence-corrected chi connectivity index (χ4v) is 5.55. The van der Waals surface area contributed by atoms with E-state index in [2.05, 4.69) is 22.1 Å². The van der Waals surface area contributed by atoms with Gasteiger partial charge in [-0.05, 0) is 80.3 Å². The van der Waals surface area contributed by atoms with E-state index in [9.17, 15) is 18.0 Å². The largest absolute Gasteiger partial charge is 0.490 e. The number of alkyl halides is 3. The molecular formula is C31H38F4N4O4. The van der Waals surface area contributed by atoms with Crippen molar-refractivity contribution < 1.29 is 32.2 Å². The minimum absolute atomic E-state index is 0.0393. The summed E-state index contributed by atoms with van der Waals surface area (Å²) >= 11 is 0. The highest BCUT2D eigenvalue weighted by molar-refractivity contribution is 5.95. The SMILES string of the molecule is CCCCn1cc(-c2ccc(OC3CCN(CC4CCNCC4)CC3)c(F)c2)c2ccncc2c1=O.O=C(O)C(F)(F)F. The van der Waals surface area contributed by atoms with Crippen LogP contribution < -0.4 is 15.6 Å². The number of rotatable bonds is 8. The molecule has 0 spiro atoms. The van der Waals surface area contributed by atoms with Crippen LogP contribution in [0.2, 0.25) is 0 Å². The van der Waals surface area contributed by atoms with E-state index >= 15 is 4.39 Å². The monoisotopic (exact) mass is 606 g/mol. The average Bonchev–Trinajstić information content (AvgIpc) is 2.99. The van der Waals surface area contributed by atoms with Crippen molar-refractivity contribution in [3.05, 3.63) is 59.0 Å². The van der Waals surface area contributed by atoms with Gasteiger partial charge in [-0.15, -0.1) is 0 Å². The van der Waals surface area contributed by atoms with Gasteiger partial charge in [-0.1, -0.05) is 19.4 Å². The van der Waals surface area contributed by atoms with E-state index < -0.39 is 12.1 Å². The Balaban J connectivity index is 0.000000541. The summed E-state index contributed by atoms with van der Waals surface area (Å²) < 4.78 is 54.8. The fourth-order valence-electron chi connectivity index (χ4n) is 5.55. The number of nitrogens with zero attached hydrogens (tertiary/aromatic N) is 3. The summed E-state index contributed by atoms with van der Waals surface area (Å²) in [6, 6.07) is 7.00. The van der Waals surface area contributed by atoms with Gasteiger partial charge in [-0.2, -0.15) is 13.2 Å². The summed E-state index contributed by atoms with van der Waals surface area (Å²) in [6.07, 6.45) is 6.35. The number of carboxylic acids is 1. The number of fused-ring (bicyclic) bond motifs is 1. The van der Waals surface area contributed by atoms with Crippen molar-refractivity contribution >= 4 is 16.7 Å². The third kappa shape index (κ3) is 8.76. The Morgan fingerprint density at radius 2 is 1.81 bits per heavy atom. The Labute approximate surface area is 247 Å². The number of unbranched alkanes of at least 4 members (excludes halogenated alkanes) is 1. The number of aromatic nitrogens is 2. The van der Waals surface area contributed by atoms with Crippen LogP contribution in [0.4, 0.5) is 17.6 Å². The second-order valence-electron chi connectivity index (χ2n) is 11.1. The third-order valence-corrected chi connectivity index (χ3v) is 7.93. The number of hydrogen-bond acceptors (Lipinski definition) is 6. The predicted octanol–water partition coefficient (Wildman–Crippen LogP) is 5.48. The molecule has 2 N–H and O–H groups in total. The molecule has 0 atom stereocenters. The van der Waals surface area contributed by atoms with E-state index in [0.717, 1.165) is 74.3 Å². The van der Waals surface area contributed by atoms with Crippen molar-refractivity contribution in [3.63, 3.8) is 0 Å². The fraction of sp³-hybridized carbons (Fsp3) is 0.516. The Hall–Kier alpha value is -3.51. The number of aliphatic carboxylic acids is 1. The quantitative estimate of drug-likeness (QED) is 0.328. The number of nitrogens with one attached hydrogen (secondary N) is 1. The first-order valence-electron chi connectivity index (χ1n) is 14.7. The molecule has 2 aliphatic heterocycles.